The van der Waals surface area contributed by atoms with Gasteiger partial charge in [0.05, 0.1) is 12.7 Å². The van der Waals surface area contributed by atoms with Gasteiger partial charge in [0, 0.05) is 10.7 Å². The molecule has 0 aliphatic carbocycles. The van der Waals surface area contributed by atoms with E-state index in [1.54, 1.807) is 6.92 Å². The van der Waals surface area contributed by atoms with E-state index >= 15 is 0 Å². The van der Waals surface area contributed by atoms with Gasteiger partial charge in [-0.15, -0.1) is 0 Å². The molecule has 0 fully saturated rings. The third kappa shape index (κ3) is 5.01. The Hall–Kier alpha value is -0.780. The smallest absolute Gasteiger partial charge is 0.265 e. The first-order valence-corrected chi connectivity index (χ1v) is 8.33. The third-order valence-electron chi connectivity index (χ3n) is 2.43. The molecule has 1 aromatic carbocycles. The second-order valence-electron chi connectivity index (χ2n) is 4.61. The second-order valence-corrected chi connectivity index (χ2v) is 7.15. The molecule has 0 atom stereocenters. The lowest BCUT2D eigenvalue weighted by molar-refractivity contribution is 0.0545. The standard InChI is InChI=1S/C13H19ClO4S/c1-9(2)17-5-6-18-13-11(4)7-10(3)8-12(13)19(14,15)16/h7-9H,5-6H2,1-4H3. The first-order valence-electron chi connectivity index (χ1n) is 6.02. The quantitative estimate of drug-likeness (QED) is 0.599. The molecule has 0 aliphatic rings. The van der Waals surface area contributed by atoms with E-state index in [4.69, 9.17) is 20.2 Å². The van der Waals surface area contributed by atoms with Crippen LogP contribution in [0, 0.1) is 13.8 Å². The summed E-state index contributed by atoms with van der Waals surface area (Å²) >= 11 is 0. The number of hydrogen-bond donors (Lipinski definition) is 0. The fourth-order valence-electron chi connectivity index (χ4n) is 1.71. The van der Waals surface area contributed by atoms with Gasteiger partial charge in [-0.3, -0.25) is 0 Å². The van der Waals surface area contributed by atoms with Gasteiger partial charge in [-0.25, -0.2) is 8.42 Å². The fourth-order valence-corrected chi connectivity index (χ4v) is 2.82. The summed E-state index contributed by atoms with van der Waals surface area (Å²) in [6.45, 7) is 8.12. The van der Waals surface area contributed by atoms with Crippen LogP contribution in [-0.4, -0.2) is 27.7 Å². The summed E-state index contributed by atoms with van der Waals surface area (Å²) in [5, 5.41) is 0. The first kappa shape index (κ1) is 16.3. The maximum atomic E-state index is 11.6. The molecule has 0 radical (unpaired) electrons. The van der Waals surface area contributed by atoms with Crippen molar-refractivity contribution < 1.29 is 17.9 Å². The molecule has 19 heavy (non-hydrogen) atoms. The summed E-state index contributed by atoms with van der Waals surface area (Å²) in [6.07, 6.45) is 0.110. The molecule has 6 heteroatoms. The topological polar surface area (TPSA) is 52.6 Å². The average molecular weight is 307 g/mol. The molecule has 0 spiro atoms. The molecule has 1 aromatic rings. The van der Waals surface area contributed by atoms with Gasteiger partial charge in [-0.1, -0.05) is 6.07 Å². The van der Waals surface area contributed by atoms with Crippen molar-refractivity contribution in [2.75, 3.05) is 13.2 Å². The summed E-state index contributed by atoms with van der Waals surface area (Å²) in [5.74, 6) is 0.299. The van der Waals surface area contributed by atoms with Crippen molar-refractivity contribution in [3.8, 4) is 5.75 Å². The Morgan fingerprint density at radius 1 is 1.21 bits per heavy atom. The molecule has 0 amide bonds. The third-order valence-corrected chi connectivity index (χ3v) is 3.76. The summed E-state index contributed by atoms with van der Waals surface area (Å²) in [5.41, 5.74) is 1.56. The van der Waals surface area contributed by atoms with Gasteiger partial charge in [0.1, 0.15) is 17.3 Å². The van der Waals surface area contributed by atoms with Gasteiger partial charge in [-0.05, 0) is 44.9 Å². The monoisotopic (exact) mass is 306 g/mol. The van der Waals surface area contributed by atoms with Crippen LogP contribution in [0.5, 0.6) is 5.75 Å². The fraction of sp³-hybridized carbons (Fsp3) is 0.538. The van der Waals surface area contributed by atoms with E-state index in [9.17, 15) is 8.42 Å². The van der Waals surface area contributed by atoms with Crippen molar-refractivity contribution >= 4 is 19.7 Å². The van der Waals surface area contributed by atoms with Crippen LogP contribution >= 0.6 is 10.7 Å². The Kier molecular flexibility index (Phi) is 5.64. The van der Waals surface area contributed by atoms with Crippen molar-refractivity contribution in [2.45, 2.75) is 38.7 Å². The maximum Gasteiger partial charge on any atom is 0.265 e. The minimum absolute atomic E-state index is 0.0104. The number of hydrogen-bond acceptors (Lipinski definition) is 4. The van der Waals surface area contributed by atoms with Crippen molar-refractivity contribution in [1.29, 1.82) is 0 Å². The lowest BCUT2D eigenvalue weighted by Gasteiger charge is -2.14. The second kappa shape index (κ2) is 6.59. The van der Waals surface area contributed by atoms with Crippen LogP contribution in [0.15, 0.2) is 17.0 Å². The van der Waals surface area contributed by atoms with E-state index in [0.29, 0.717) is 12.4 Å². The van der Waals surface area contributed by atoms with Crippen LogP contribution in [-0.2, 0) is 13.8 Å². The van der Waals surface area contributed by atoms with Crippen molar-refractivity contribution in [1.82, 2.24) is 0 Å². The number of benzene rings is 1. The van der Waals surface area contributed by atoms with Crippen LogP contribution in [0.4, 0.5) is 0 Å². The highest BCUT2D eigenvalue weighted by Gasteiger charge is 2.19. The minimum Gasteiger partial charge on any atom is -0.489 e. The number of halogens is 1. The van der Waals surface area contributed by atoms with Crippen molar-refractivity contribution in [2.24, 2.45) is 0 Å². The Morgan fingerprint density at radius 3 is 2.37 bits per heavy atom. The van der Waals surface area contributed by atoms with Gasteiger partial charge >= 0.3 is 0 Å². The predicted octanol–water partition coefficient (Wildman–Crippen LogP) is 3.03. The molecular formula is C13H19ClO4S. The van der Waals surface area contributed by atoms with Gasteiger partial charge in [0.25, 0.3) is 9.05 Å². The lowest BCUT2D eigenvalue weighted by Crippen LogP contribution is -2.13. The molecule has 0 aromatic heterocycles. The SMILES string of the molecule is Cc1cc(C)c(OCCOC(C)C)c(S(=O)(=O)Cl)c1. The lowest BCUT2D eigenvalue weighted by atomic mass is 10.1. The van der Waals surface area contributed by atoms with E-state index in [2.05, 4.69) is 0 Å². The van der Waals surface area contributed by atoms with E-state index in [0.717, 1.165) is 11.1 Å². The van der Waals surface area contributed by atoms with Crippen LogP contribution in [0.3, 0.4) is 0 Å². The molecular weight excluding hydrogens is 288 g/mol. The van der Waals surface area contributed by atoms with E-state index in [1.807, 2.05) is 26.8 Å². The van der Waals surface area contributed by atoms with Crippen molar-refractivity contribution in [3.63, 3.8) is 0 Å². The van der Waals surface area contributed by atoms with Crippen LogP contribution in [0.2, 0.25) is 0 Å². The highest BCUT2D eigenvalue weighted by molar-refractivity contribution is 8.13. The molecule has 4 nitrogen and oxygen atoms in total. The molecule has 0 heterocycles. The average Bonchev–Trinajstić information content (AvgIpc) is 2.24. The molecule has 0 N–H and O–H groups in total. The van der Waals surface area contributed by atoms with Gasteiger partial charge in [0.15, 0.2) is 0 Å². The van der Waals surface area contributed by atoms with Gasteiger partial charge < -0.3 is 9.47 Å². The Labute approximate surface area is 119 Å². The Morgan fingerprint density at radius 2 is 1.84 bits per heavy atom. The van der Waals surface area contributed by atoms with Crippen LogP contribution in [0.25, 0.3) is 0 Å². The molecule has 1 rings (SSSR count). The largest absolute Gasteiger partial charge is 0.489 e. The number of aryl methyl sites for hydroxylation is 2. The molecule has 0 unspecified atom stereocenters. The van der Waals surface area contributed by atoms with Gasteiger partial charge in [-0.2, -0.15) is 0 Å². The minimum atomic E-state index is -3.83. The zero-order chi connectivity index (χ0) is 14.6. The zero-order valence-corrected chi connectivity index (χ0v) is 13.1. The molecule has 0 bridgehead atoms. The maximum absolute atomic E-state index is 11.6. The van der Waals surface area contributed by atoms with Crippen LogP contribution in [0.1, 0.15) is 25.0 Å². The predicted molar refractivity (Wildman–Crippen MR) is 75.5 cm³/mol. The molecule has 108 valence electrons. The summed E-state index contributed by atoms with van der Waals surface area (Å²) < 4.78 is 34.0. The molecule has 0 saturated carbocycles. The van der Waals surface area contributed by atoms with Crippen LogP contribution < -0.4 is 4.74 Å². The molecule has 0 aliphatic heterocycles. The number of rotatable bonds is 6. The van der Waals surface area contributed by atoms with Crippen molar-refractivity contribution in [3.05, 3.63) is 23.3 Å². The Balaban J connectivity index is 2.93. The Bertz CT molecular complexity index is 538. The van der Waals surface area contributed by atoms with Gasteiger partial charge in [0.2, 0.25) is 0 Å². The highest BCUT2D eigenvalue weighted by atomic mass is 35.7. The van der Waals surface area contributed by atoms with E-state index < -0.39 is 9.05 Å². The highest BCUT2D eigenvalue weighted by Crippen LogP contribution is 2.31. The molecule has 0 saturated heterocycles. The first-order chi connectivity index (χ1) is 8.71. The summed E-state index contributed by atoms with van der Waals surface area (Å²) in [7, 11) is 1.61. The van der Waals surface area contributed by atoms with E-state index in [-0.39, 0.29) is 17.6 Å². The zero-order valence-electron chi connectivity index (χ0n) is 11.6. The summed E-state index contributed by atoms with van der Waals surface area (Å²) in [6, 6.07) is 3.36. The summed E-state index contributed by atoms with van der Waals surface area (Å²) in [4.78, 5) is 0.0104. The number of ether oxygens (including phenoxy) is 2. The normalized spacial score (nSPS) is 11.9. The van der Waals surface area contributed by atoms with E-state index in [1.165, 1.54) is 6.07 Å².